The molecule has 1 aliphatic rings. The fraction of sp³-hybridized carbons (Fsp3) is 0.625. The highest BCUT2D eigenvalue weighted by atomic mass is 16.5. The highest BCUT2D eigenvalue weighted by Gasteiger charge is 2.33. The average Bonchev–Trinajstić information content (AvgIpc) is 3.03. The zero-order valence-electron chi connectivity index (χ0n) is 19.8. The van der Waals surface area contributed by atoms with Crippen LogP contribution in [0.25, 0.3) is 22.2 Å². The maximum atomic E-state index is 10.0. The third-order valence-electron chi connectivity index (χ3n) is 5.77. The molecule has 8 nitrogen and oxygen atoms in total. The van der Waals surface area contributed by atoms with Crippen LogP contribution < -0.4 is 4.90 Å². The number of rotatable bonds is 7. The van der Waals surface area contributed by atoms with Gasteiger partial charge in [0.15, 0.2) is 11.4 Å². The van der Waals surface area contributed by atoms with Crippen molar-refractivity contribution in [1.29, 1.82) is 0 Å². The number of ether oxygens (including phenoxy) is 1. The Balaban J connectivity index is 1.97. The number of nitrogens with zero attached hydrogens (tertiary/aromatic N) is 4. The molecule has 0 saturated heterocycles. The molecule has 3 aromatic heterocycles. The van der Waals surface area contributed by atoms with E-state index in [4.69, 9.17) is 14.1 Å². The molecule has 174 valence electrons. The molecule has 4 rings (SSSR count). The maximum Gasteiger partial charge on any atom is 0.229 e. The van der Waals surface area contributed by atoms with Gasteiger partial charge in [0, 0.05) is 25.1 Å². The van der Waals surface area contributed by atoms with Crippen LogP contribution in [0.15, 0.2) is 10.7 Å². The Morgan fingerprint density at radius 2 is 1.75 bits per heavy atom. The molecule has 32 heavy (non-hydrogen) atoms. The van der Waals surface area contributed by atoms with Crippen LogP contribution in [0.3, 0.4) is 0 Å². The summed E-state index contributed by atoms with van der Waals surface area (Å²) in [6, 6.07) is 0. The van der Waals surface area contributed by atoms with Gasteiger partial charge < -0.3 is 24.3 Å². The second-order valence-corrected chi connectivity index (χ2v) is 10.1. The first kappa shape index (κ1) is 22.9. The number of aliphatic hydroxyl groups is 2. The first-order valence-corrected chi connectivity index (χ1v) is 11.4. The van der Waals surface area contributed by atoms with Crippen LogP contribution in [-0.2, 0) is 24.2 Å². The van der Waals surface area contributed by atoms with Crippen LogP contribution >= 0.6 is 0 Å². The Bertz CT molecular complexity index is 1110. The van der Waals surface area contributed by atoms with Crippen molar-refractivity contribution in [2.45, 2.75) is 78.8 Å². The Labute approximate surface area is 188 Å². The number of pyridine rings is 1. The van der Waals surface area contributed by atoms with Gasteiger partial charge in [0.1, 0.15) is 11.8 Å². The smallest absolute Gasteiger partial charge is 0.229 e. The molecule has 0 amide bonds. The number of anilines is 1. The average molecular weight is 443 g/mol. The summed E-state index contributed by atoms with van der Waals surface area (Å²) in [4.78, 5) is 15.8. The van der Waals surface area contributed by atoms with Gasteiger partial charge in [0.25, 0.3) is 0 Å². The summed E-state index contributed by atoms with van der Waals surface area (Å²) in [7, 11) is 0. The monoisotopic (exact) mass is 442 g/mol. The second-order valence-electron chi connectivity index (χ2n) is 10.1. The SMILES string of the molecule is CC(C)Cc1nc2oc3c(N(C[C@@H](C)O)C[C@@H](C)O)ncnc3c2c2c1COC(C)(C)C2. The van der Waals surface area contributed by atoms with Gasteiger partial charge in [-0.25, -0.2) is 15.0 Å². The molecular weight excluding hydrogens is 408 g/mol. The van der Waals surface area contributed by atoms with E-state index in [0.29, 0.717) is 48.2 Å². The number of aromatic nitrogens is 3. The Morgan fingerprint density at radius 3 is 2.38 bits per heavy atom. The zero-order chi connectivity index (χ0) is 23.2. The first-order valence-electron chi connectivity index (χ1n) is 11.4. The molecule has 8 heteroatoms. The zero-order valence-corrected chi connectivity index (χ0v) is 19.8. The van der Waals surface area contributed by atoms with Crippen LogP contribution in [0.5, 0.6) is 0 Å². The minimum atomic E-state index is -0.593. The molecule has 0 aliphatic carbocycles. The lowest BCUT2D eigenvalue weighted by atomic mass is 9.88. The molecule has 0 spiro atoms. The van der Waals surface area contributed by atoms with Crippen molar-refractivity contribution in [2.24, 2.45) is 5.92 Å². The molecule has 0 unspecified atom stereocenters. The summed E-state index contributed by atoms with van der Waals surface area (Å²) < 4.78 is 12.4. The second kappa shape index (κ2) is 8.57. The van der Waals surface area contributed by atoms with E-state index in [1.54, 1.807) is 13.8 Å². The standard InChI is InChI=1S/C24H34N4O4/c1-13(2)7-18-17-11-31-24(5,6)8-16(17)19-20-21(32-23(19)27-18)22(26-12-25-20)28(9-14(3)29)10-15(4)30/h12-15,29-30H,7-11H2,1-6H3/t14-,15-/m1/s1. The van der Waals surface area contributed by atoms with Gasteiger partial charge in [-0.15, -0.1) is 0 Å². The minimum Gasteiger partial charge on any atom is -0.432 e. The predicted molar refractivity (Wildman–Crippen MR) is 124 cm³/mol. The fourth-order valence-corrected chi connectivity index (χ4v) is 4.53. The lowest BCUT2D eigenvalue weighted by Crippen LogP contribution is -2.37. The fourth-order valence-electron chi connectivity index (χ4n) is 4.53. The minimum absolute atomic E-state index is 0.291. The van der Waals surface area contributed by atoms with Crippen molar-refractivity contribution < 1.29 is 19.4 Å². The molecule has 0 aromatic carbocycles. The van der Waals surface area contributed by atoms with E-state index < -0.39 is 12.2 Å². The lowest BCUT2D eigenvalue weighted by molar-refractivity contribution is -0.0402. The van der Waals surface area contributed by atoms with Crippen molar-refractivity contribution in [2.75, 3.05) is 18.0 Å². The van der Waals surface area contributed by atoms with Crippen LogP contribution in [0.4, 0.5) is 5.82 Å². The maximum absolute atomic E-state index is 10.0. The van der Waals surface area contributed by atoms with Crippen molar-refractivity contribution >= 4 is 28.0 Å². The first-order chi connectivity index (χ1) is 15.1. The summed E-state index contributed by atoms with van der Waals surface area (Å²) in [5.41, 5.74) is 4.84. The number of fused-ring (bicyclic) bond motifs is 5. The van der Waals surface area contributed by atoms with Gasteiger partial charge in [-0.2, -0.15) is 0 Å². The molecule has 0 fully saturated rings. The predicted octanol–water partition coefficient (Wildman–Crippen LogP) is 3.39. The molecular formula is C24H34N4O4. The van der Waals surface area contributed by atoms with Crippen molar-refractivity contribution in [1.82, 2.24) is 15.0 Å². The van der Waals surface area contributed by atoms with E-state index in [0.717, 1.165) is 29.5 Å². The van der Waals surface area contributed by atoms with E-state index in [-0.39, 0.29) is 5.60 Å². The van der Waals surface area contributed by atoms with E-state index >= 15 is 0 Å². The van der Waals surface area contributed by atoms with Crippen LogP contribution in [0.1, 0.15) is 58.4 Å². The Kier molecular flexibility index (Phi) is 6.13. The molecule has 0 saturated carbocycles. The third-order valence-corrected chi connectivity index (χ3v) is 5.77. The lowest BCUT2D eigenvalue weighted by Gasteiger charge is -2.33. The molecule has 0 bridgehead atoms. The highest BCUT2D eigenvalue weighted by Crippen LogP contribution is 2.40. The van der Waals surface area contributed by atoms with Crippen LogP contribution in [-0.4, -0.2) is 56.1 Å². The van der Waals surface area contributed by atoms with E-state index in [1.165, 1.54) is 11.9 Å². The Hall–Kier alpha value is -2.29. The molecule has 2 N–H and O–H groups in total. The molecule has 4 heterocycles. The topological polar surface area (TPSA) is 105 Å². The van der Waals surface area contributed by atoms with E-state index in [9.17, 15) is 10.2 Å². The van der Waals surface area contributed by atoms with Gasteiger partial charge in [-0.3, -0.25) is 0 Å². The summed E-state index contributed by atoms with van der Waals surface area (Å²) >= 11 is 0. The van der Waals surface area contributed by atoms with Gasteiger partial charge in [-0.05, 0) is 45.6 Å². The van der Waals surface area contributed by atoms with Gasteiger partial charge in [-0.1, -0.05) is 13.8 Å². The number of hydrogen-bond acceptors (Lipinski definition) is 8. The van der Waals surface area contributed by atoms with Crippen molar-refractivity contribution in [3.05, 3.63) is 23.1 Å². The van der Waals surface area contributed by atoms with Gasteiger partial charge in [0.05, 0.1) is 35.5 Å². The molecule has 0 radical (unpaired) electrons. The normalized spacial score (nSPS) is 17.7. The quantitative estimate of drug-likeness (QED) is 0.574. The van der Waals surface area contributed by atoms with Gasteiger partial charge >= 0.3 is 0 Å². The summed E-state index contributed by atoms with van der Waals surface area (Å²) in [5.74, 6) is 1.01. The van der Waals surface area contributed by atoms with Crippen LogP contribution in [0.2, 0.25) is 0 Å². The van der Waals surface area contributed by atoms with Gasteiger partial charge in [0.2, 0.25) is 5.71 Å². The Morgan fingerprint density at radius 1 is 1.06 bits per heavy atom. The molecule has 2 atom stereocenters. The number of furan rings is 1. The van der Waals surface area contributed by atoms with Crippen molar-refractivity contribution in [3.8, 4) is 0 Å². The summed E-state index contributed by atoms with van der Waals surface area (Å²) in [6.07, 6.45) is 1.91. The summed E-state index contributed by atoms with van der Waals surface area (Å²) in [5, 5.41) is 21.0. The number of aliphatic hydroxyl groups excluding tert-OH is 2. The highest BCUT2D eigenvalue weighted by molar-refractivity contribution is 6.06. The number of hydrogen-bond donors (Lipinski definition) is 2. The van der Waals surface area contributed by atoms with E-state index in [1.807, 2.05) is 4.90 Å². The largest absolute Gasteiger partial charge is 0.432 e. The van der Waals surface area contributed by atoms with Crippen molar-refractivity contribution in [3.63, 3.8) is 0 Å². The molecule has 1 aliphatic heterocycles. The summed E-state index contributed by atoms with van der Waals surface area (Å²) in [6.45, 7) is 13.1. The van der Waals surface area contributed by atoms with E-state index in [2.05, 4.69) is 37.7 Å². The third kappa shape index (κ3) is 4.44. The molecule has 3 aromatic rings. The van der Waals surface area contributed by atoms with Crippen LogP contribution in [0, 0.1) is 5.92 Å².